The summed E-state index contributed by atoms with van der Waals surface area (Å²) in [6.45, 7) is 3.42. The van der Waals surface area contributed by atoms with Crippen molar-refractivity contribution in [2.75, 3.05) is 0 Å². The first-order valence-electron chi connectivity index (χ1n) is 6.76. The predicted octanol–water partition coefficient (Wildman–Crippen LogP) is 2.80. The molecule has 23 heavy (non-hydrogen) atoms. The molecule has 2 aromatic carbocycles. The maximum absolute atomic E-state index is 12.8. The highest BCUT2D eigenvalue weighted by Crippen LogP contribution is 2.26. The van der Waals surface area contributed by atoms with E-state index in [9.17, 15) is 18.5 Å². The Balaban J connectivity index is 2.25. The van der Waals surface area contributed by atoms with Gasteiger partial charge in [0.1, 0.15) is 5.82 Å². The Morgan fingerprint density at radius 1 is 1.09 bits per heavy atom. The van der Waals surface area contributed by atoms with E-state index < -0.39 is 14.9 Å². The molecule has 0 bridgehead atoms. The number of rotatable bonds is 3. The Labute approximate surface area is 132 Å². The summed E-state index contributed by atoms with van der Waals surface area (Å²) in [6, 6.07) is 10.4. The molecule has 118 valence electrons. The van der Waals surface area contributed by atoms with E-state index in [4.69, 9.17) is 0 Å². The van der Waals surface area contributed by atoms with Crippen LogP contribution in [0.1, 0.15) is 11.4 Å². The molecule has 0 saturated heterocycles. The van der Waals surface area contributed by atoms with Gasteiger partial charge in [0.25, 0.3) is 15.7 Å². The maximum atomic E-state index is 12.8. The number of imidazole rings is 1. The summed E-state index contributed by atoms with van der Waals surface area (Å²) < 4.78 is 26.8. The van der Waals surface area contributed by atoms with E-state index in [1.807, 2.05) is 6.92 Å². The van der Waals surface area contributed by atoms with Gasteiger partial charge in [0.15, 0.2) is 0 Å². The standard InChI is InChI=1S/C15H13N3O4S/c1-10-3-6-13(7-4-10)23(21,22)17-11(2)16-14-9-12(18(19)20)5-8-15(14)17/h3-9H,1-2H3. The molecule has 0 unspecified atom stereocenters. The van der Waals surface area contributed by atoms with E-state index >= 15 is 0 Å². The van der Waals surface area contributed by atoms with Gasteiger partial charge in [0, 0.05) is 12.1 Å². The van der Waals surface area contributed by atoms with Crippen molar-refractivity contribution in [2.24, 2.45) is 0 Å². The summed E-state index contributed by atoms with van der Waals surface area (Å²) in [5.74, 6) is 0.251. The second-order valence-electron chi connectivity index (χ2n) is 5.17. The number of aromatic nitrogens is 2. The van der Waals surface area contributed by atoms with Crippen molar-refractivity contribution in [3.05, 3.63) is 64.0 Å². The molecule has 8 heteroatoms. The normalized spacial score (nSPS) is 11.7. The van der Waals surface area contributed by atoms with Gasteiger partial charge in [-0.15, -0.1) is 0 Å². The number of nitro groups is 1. The third kappa shape index (κ3) is 2.46. The minimum Gasteiger partial charge on any atom is -0.258 e. The zero-order chi connectivity index (χ0) is 16.8. The summed E-state index contributed by atoms with van der Waals surface area (Å²) in [5, 5.41) is 10.8. The smallest absolute Gasteiger partial charge is 0.258 e. The molecule has 0 amide bonds. The zero-order valence-corrected chi connectivity index (χ0v) is 13.2. The molecular weight excluding hydrogens is 318 g/mol. The second-order valence-corrected chi connectivity index (χ2v) is 6.96. The van der Waals surface area contributed by atoms with Gasteiger partial charge in [-0.05, 0) is 32.0 Å². The van der Waals surface area contributed by atoms with Crippen LogP contribution < -0.4 is 0 Å². The number of hydrogen-bond acceptors (Lipinski definition) is 5. The lowest BCUT2D eigenvalue weighted by atomic mass is 10.2. The molecule has 0 aliphatic carbocycles. The summed E-state index contributed by atoms with van der Waals surface area (Å²) in [4.78, 5) is 14.6. The molecule has 0 spiro atoms. The molecule has 3 aromatic rings. The van der Waals surface area contributed by atoms with Crippen LogP contribution in [0.3, 0.4) is 0 Å². The first-order valence-corrected chi connectivity index (χ1v) is 8.20. The van der Waals surface area contributed by atoms with E-state index in [0.29, 0.717) is 5.52 Å². The van der Waals surface area contributed by atoms with Gasteiger partial charge in [-0.2, -0.15) is 0 Å². The number of nitrogens with zero attached hydrogens (tertiary/aromatic N) is 3. The van der Waals surface area contributed by atoms with Crippen LogP contribution in [0, 0.1) is 24.0 Å². The Kier molecular flexibility index (Phi) is 3.41. The summed E-state index contributed by atoms with van der Waals surface area (Å²) >= 11 is 0. The van der Waals surface area contributed by atoms with Crippen LogP contribution >= 0.6 is 0 Å². The topological polar surface area (TPSA) is 95.1 Å². The number of fused-ring (bicyclic) bond motifs is 1. The lowest BCUT2D eigenvalue weighted by molar-refractivity contribution is -0.384. The Morgan fingerprint density at radius 3 is 2.35 bits per heavy atom. The molecule has 3 rings (SSSR count). The molecule has 0 saturated carbocycles. The minimum absolute atomic E-state index is 0.130. The van der Waals surface area contributed by atoms with E-state index in [2.05, 4.69) is 4.98 Å². The Morgan fingerprint density at radius 2 is 1.74 bits per heavy atom. The molecule has 7 nitrogen and oxygen atoms in total. The fraction of sp³-hybridized carbons (Fsp3) is 0.133. The van der Waals surface area contributed by atoms with Crippen LogP contribution in [-0.4, -0.2) is 22.3 Å². The highest BCUT2D eigenvalue weighted by molar-refractivity contribution is 7.90. The lowest BCUT2D eigenvalue weighted by Gasteiger charge is -2.09. The fourth-order valence-corrected chi connectivity index (χ4v) is 3.89. The summed E-state index contributed by atoms with van der Waals surface area (Å²) in [6.07, 6.45) is 0. The van der Waals surface area contributed by atoms with Crippen LogP contribution in [0.4, 0.5) is 5.69 Å². The second kappa shape index (κ2) is 5.17. The van der Waals surface area contributed by atoms with Gasteiger partial charge in [-0.1, -0.05) is 17.7 Å². The number of aryl methyl sites for hydroxylation is 2. The van der Waals surface area contributed by atoms with Crippen molar-refractivity contribution in [2.45, 2.75) is 18.7 Å². The lowest BCUT2D eigenvalue weighted by Crippen LogP contribution is -2.14. The fourth-order valence-electron chi connectivity index (χ4n) is 2.40. The first-order chi connectivity index (χ1) is 10.8. The highest BCUT2D eigenvalue weighted by atomic mass is 32.2. The molecule has 0 N–H and O–H groups in total. The van der Waals surface area contributed by atoms with E-state index in [1.54, 1.807) is 19.1 Å². The summed E-state index contributed by atoms with van der Waals surface area (Å²) in [5.41, 5.74) is 1.41. The molecular formula is C15H13N3O4S. The number of benzene rings is 2. The SMILES string of the molecule is Cc1ccc(S(=O)(=O)n2c(C)nc3cc([N+](=O)[O-])ccc32)cc1. The third-order valence-electron chi connectivity index (χ3n) is 3.52. The predicted molar refractivity (Wildman–Crippen MR) is 84.9 cm³/mol. The average Bonchev–Trinajstić information content (AvgIpc) is 2.83. The van der Waals surface area contributed by atoms with Crippen molar-refractivity contribution in [3.63, 3.8) is 0 Å². The molecule has 0 atom stereocenters. The van der Waals surface area contributed by atoms with Gasteiger partial charge in [-0.3, -0.25) is 10.1 Å². The molecule has 0 fully saturated rings. The Bertz CT molecular complexity index is 1020. The van der Waals surface area contributed by atoms with Crippen molar-refractivity contribution in [3.8, 4) is 0 Å². The minimum atomic E-state index is -3.82. The quantitative estimate of drug-likeness (QED) is 0.543. The van der Waals surface area contributed by atoms with Crippen LogP contribution in [0.2, 0.25) is 0 Å². The number of nitro benzene ring substituents is 1. The van der Waals surface area contributed by atoms with E-state index in [-0.39, 0.29) is 21.9 Å². The molecule has 1 heterocycles. The number of non-ortho nitro benzene ring substituents is 1. The number of hydrogen-bond donors (Lipinski definition) is 0. The van der Waals surface area contributed by atoms with E-state index in [1.165, 1.54) is 30.3 Å². The molecule has 0 aliphatic heterocycles. The van der Waals surface area contributed by atoms with Crippen molar-refractivity contribution in [1.82, 2.24) is 8.96 Å². The van der Waals surface area contributed by atoms with Gasteiger partial charge >= 0.3 is 0 Å². The first kappa shape index (κ1) is 15.2. The molecule has 0 radical (unpaired) electrons. The van der Waals surface area contributed by atoms with Crippen LogP contribution in [0.5, 0.6) is 0 Å². The van der Waals surface area contributed by atoms with Crippen LogP contribution in [0.25, 0.3) is 11.0 Å². The Hall–Kier alpha value is -2.74. The largest absolute Gasteiger partial charge is 0.271 e. The van der Waals surface area contributed by atoms with E-state index in [0.717, 1.165) is 9.54 Å². The highest BCUT2D eigenvalue weighted by Gasteiger charge is 2.23. The van der Waals surface area contributed by atoms with Crippen LogP contribution in [0.15, 0.2) is 47.4 Å². The zero-order valence-electron chi connectivity index (χ0n) is 12.4. The monoisotopic (exact) mass is 331 g/mol. The third-order valence-corrected chi connectivity index (χ3v) is 5.33. The maximum Gasteiger partial charge on any atom is 0.271 e. The van der Waals surface area contributed by atoms with Crippen molar-refractivity contribution >= 4 is 26.7 Å². The average molecular weight is 331 g/mol. The molecule has 0 aliphatic rings. The van der Waals surface area contributed by atoms with Crippen LogP contribution in [-0.2, 0) is 10.0 Å². The van der Waals surface area contributed by atoms with Crippen molar-refractivity contribution < 1.29 is 13.3 Å². The van der Waals surface area contributed by atoms with Crippen molar-refractivity contribution in [1.29, 1.82) is 0 Å². The summed E-state index contributed by atoms with van der Waals surface area (Å²) in [7, 11) is -3.82. The molecule has 1 aromatic heterocycles. The van der Waals surface area contributed by atoms with Gasteiger partial charge in [-0.25, -0.2) is 17.4 Å². The van der Waals surface area contributed by atoms with Gasteiger partial charge in [0.2, 0.25) is 0 Å². The van der Waals surface area contributed by atoms with Gasteiger partial charge in [0.05, 0.1) is 20.9 Å². The van der Waals surface area contributed by atoms with Gasteiger partial charge < -0.3 is 0 Å².